The largest absolute Gasteiger partial charge is 0.484 e. The second kappa shape index (κ2) is 13.0. The third kappa shape index (κ3) is 8.13. The Hall–Kier alpha value is -3.75. The first kappa shape index (κ1) is 27.8. The molecule has 0 radical (unpaired) electrons. The number of aromatic nitrogens is 1. The minimum Gasteiger partial charge on any atom is -0.484 e. The lowest BCUT2D eigenvalue weighted by atomic mass is 10.00. The van der Waals surface area contributed by atoms with Crippen LogP contribution in [0.15, 0.2) is 91.0 Å². The molecule has 4 rings (SSSR count). The first-order chi connectivity index (χ1) is 17.4. The smallest absolute Gasteiger partial charge is 0.422 e. The SMILES string of the molecule is Cl.NCc1cc(OCC(F)(F)F)ccc1-c1ccc(OCc2ccccc2)nc1OCc1ccccc1. The number of hydrogen-bond donors (Lipinski definition) is 1. The molecular formula is C28H26ClF3N2O3. The molecule has 1 heterocycles. The number of ether oxygens (including phenoxy) is 3. The molecule has 0 aliphatic rings. The maximum absolute atomic E-state index is 12.6. The van der Waals surface area contributed by atoms with Crippen molar-refractivity contribution in [2.24, 2.45) is 5.73 Å². The van der Waals surface area contributed by atoms with Gasteiger partial charge in [-0.2, -0.15) is 18.2 Å². The Kier molecular flexibility index (Phi) is 9.77. The summed E-state index contributed by atoms with van der Waals surface area (Å²) in [5, 5.41) is 0. The Balaban J connectivity index is 0.00000380. The molecule has 5 nitrogen and oxygen atoms in total. The summed E-state index contributed by atoms with van der Waals surface area (Å²) in [5.74, 6) is 0.784. The lowest BCUT2D eigenvalue weighted by molar-refractivity contribution is -0.153. The highest BCUT2D eigenvalue weighted by Gasteiger charge is 2.28. The van der Waals surface area contributed by atoms with Gasteiger partial charge in [-0.3, -0.25) is 0 Å². The van der Waals surface area contributed by atoms with Crippen LogP contribution < -0.4 is 19.9 Å². The maximum atomic E-state index is 12.6. The van der Waals surface area contributed by atoms with Gasteiger partial charge in [0.2, 0.25) is 11.8 Å². The van der Waals surface area contributed by atoms with Gasteiger partial charge in [-0.1, -0.05) is 66.7 Å². The number of nitrogens with two attached hydrogens (primary N) is 1. The van der Waals surface area contributed by atoms with Gasteiger partial charge in [-0.05, 0) is 40.5 Å². The summed E-state index contributed by atoms with van der Waals surface area (Å²) in [6.07, 6.45) is -4.43. The van der Waals surface area contributed by atoms with Crippen LogP contribution in [0.2, 0.25) is 0 Å². The molecule has 0 atom stereocenters. The fraction of sp³-hybridized carbons (Fsp3) is 0.179. The van der Waals surface area contributed by atoms with Crippen molar-refractivity contribution in [1.29, 1.82) is 0 Å². The zero-order valence-electron chi connectivity index (χ0n) is 19.8. The summed E-state index contributed by atoms with van der Waals surface area (Å²) in [5.41, 5.74) is 9.80. The van der Waals surface area contributed by atoms with Crippen LogP contribution in [0.1, 0.15) is 16.7 Å². The Morgan fingerprint density at radius 2 is 1.30 bits per heavy atom. The van der Waals surface area contributed by atoms with Crippen LogP contribution in [-0.2, 0) is 19.8 Å². The minimum atomic E-state index is -4.43. The molecule has 37 heavy (non-hydrogen) atoms. The minimum absolute atomic E-state index is 0. The summed E-state index contributed by atoms with van der Waals surface area (Å²) in [6.45, 7) is -0.682. The fourth-order valence-electron chi connectivity index (χ4n) is 3.53. The van der Waals surface area contributed by atoms with E-state index in [-0.39, 0.29) is 31.3 Å². The molecule has 9 heteroatoms. The molecule has 0 aliphatic carbocycles. The van der Waals surface area contributed by atoms with E-state index in [0.29, 0.717) is 35.1 Å². The van der Waals surface area contributed by atoms with Crippen LogP contribution in [0.4, 0.5) is 13.2 Å². The van der Waals surface area contributed by atoms with Gasteiger partial charge in [0.25, 0.3) is 0 Å². The molecular weight excluding hydrogens is 505 g/mol. The lowest BCUT2D eigenvalue weighted by Crippen LogP contribution is -2.19. The lowest BCUT2D eigenvalue weighted by Gasteiger charge is -2.16. The topological polar surface area (TPSA) is 66.6 Å². The summed E-state index contributed by atoms with van der Waals surface area (Å²) in [4.78, 5) is 4.58. The van der Waals surface area contributed by atoms with Gasteiger partial charge in [-0.15, -0.1) is 12.4 Å². The van der Waals surface area contributed by atoms with Gasteiger partial charge in [0, 0.05) is 18.2 Å². The summed E-state index contributed by atoms with van der Waals surface area (Å²) in [7, 11) is 0. The Bertz CT molecular complexity index is 1270. The molecule has 0 saturated heterocycles. The van der Waals surface area contributed by atoms with Crippen LogP contribution in [0.25, 0.3) is 11.1 Å². The van der Waals surface area contributed by atoms with Gasteiger partial charge >= 0.3 is 6.18 Å². The number of halogens is 4. The van der Waals surface area contributed by atoms with E-state index < -0.39 is 12.8 Å². The standard InChI is InChI=1S/C28H25F3N2O3.ClH/c29-28(30,31)19-36-23-11-12-24(22(15-23)16-32)25-13-14-26(34-17-20-7-3-1-4-8-20)33-27(25)35-18-21-9-5-2-6-10-21;/h1-15H,16-19,32H2;1H. The van der Waals surface area contributed by atoms with Crippen LogP contribution in [-0.4, -0.2) is 17.8 Å². The molecule has 0 fully saturated rings. The highest BCUT2D eigenvalue weighted by Crippen LogP contribution is 2.35. The Morgan fingerprint density at radius 3 is 1.89 bits per heavy atom. The first-order valence-electron chi connectivity index (χ1n) is 11.3. The molecule has 0 aliphatic heterocycles. The Morgan fingerprint density at radius 1 is 0.703 bits per heavy atom. The highest BCUT2D eigenvalue weighted by atomic mass is 35.5. The zero-order chi connectivity index (χ0) is 25.4. The molecule has 4 aromatic rings. The van der Waals surface area contributed by atoms with E-state index in [4.69, 9.17) is 19.9 Å². The highest BCUT2D eigenvalue weighted by molar-refractivity contribution is 5.85. The predicted octanol–water partition coefficient (Wildman–Crippen LogP) is 6.73. The molecule has 0 spiro atoms. The predicted molar refractivity (Wildman–Crippen MR) is 138 cm³/mol. The van der Waals surface area contributed by atoms with Crippen LogP contribution >= 0.6 is 12.4 Å². The summed E-state index contributed by atoms with van der Waals surface area (Å²) < 4.78 is 54.5. The molecule has 2 N–H and O–H groups in total. The van der Waals surface area contributed by atoms with E-state index in [9.17, 15) is 13.2 Å². The van der Waals surface area contributed by atoms with Crippen molar-refractivity contribution in [3.8, 4) is 28.6 Å². The van der Waals surface area contributed by atoms with E-state index >= 15 is 0 Å². The van der Waals surface area contributed by atoms with Crippen molar-refractivity contribution in [2.45, 2.75) is 25.9 Å². The number of pyridine rings is 1. The normalized spacial score (nSPS) is 10.9. The Labute approximate surface area is 219 Å². The van der Waals surface area contributed by atoms with E-state index in [1.54, 1.807) is 18.2 Å². The average Bonchev–Trinajstić information content (AvgIpc) is 2.90. The number of rotatable bonds is 10. The van der Waals surface area contributed by atoms with E-state index in [2.05, 4.69) is 4.98 Å². The molecule has 1 aromatic heterocycles. The average molecular weight is 531 g/mol. The van der Waals surface area contributed by atoms with Gasteiger partial charge in [0.15, 0.2) is 6.61 Å². The van der Waals surface area contributed by atoms with Gasteiger partial charge in [-0.25, -0.2) is 0 Å². The van der Waals surface area contributed by atoms with Crippen molar-refractivity contribution >= 4 is 12.4 Å². The number of nitrogens with zero attached hydrogens (tertiary/aromatic N) is 1. The van der Waals surface area contributed by atoms with Crippen LogP contribution in [0.3, 0.4) is 0 Å². The van der Waals surface area contributed by atoms with Crippen molar-refractivity contribution in [3.05, 3.63) is 108 Å². The molecule has 194 valence electrons. The third-order valence-electron chi connectivity index (χ3n) is 5.27. The van der Waals surface area contributed by atoms with Crippen LogP contribution in [0, 0.1) is 0 Å². The van der Waals surface area contributed by atoms with Crippen LogP contribution in [0.5, 0.6) is 17.5 Å². The second-order valence-electron chi connectivity index (χ2n) is 7.98. The van der Waals surface area contributed by atoms with Crippen molar-refractivity contribution in [1.82, 2.24) is 4.98 Å². The monoisotopic (exact) mass is 530 g/mol. The van der Waals surface area contributed by atoms with Crippen molar-refractivity contribution in [3.63, 3.8) is 0 Å². The molecule has 0 saturated carbocycles. The van der Waals surface area contributed by atoms with E-state index in [0.717, 1.165) is 11.1 Å². The quantitative estimate of drug-likeness (QED) is 0.246. The molecule has 0 bridgehead atoms. The van der Waals surface area contributed by atoms with Gasteiger partial charge in [0.1, 0.15) is 19.0 Å². The zero-order valence-corrected chi connectivity index (χ0v) is 20.6. The first-order valence-corrected chi connectivity index (χ1v) is 11.3. The molecule has 0 amide bonds. The maximum Gasteiger partial charge on any atom is 0.422 e. The fourth-order valence-corrected chi connectivity index (χ4v) is 3.53. The van der Waals surface area contributed by atoms with E-state index in [1.807, 2.05) is 60.7 Å². The van der Waals surface area contributed by atoms with Crippen molar-refractivity contribution < 1.29 is 27.4 Å². The van der Waals surface area contributed by atoms with E-state index in [1.165, 1.54) is 12.1 Å². The number of hydrogen-bond acceptors (Lipinski definition) is 5. The second-order valence-corrected chi connectivity index (χ2v) is 7.98. The number of alkyl halides is 3. The summed E-state index contributed by atoms with van der Waals surface area (Å²) in [6, 6.07) is 27.5. The van der Waals surface area contributed by atoms with Crippen molar-refractivity contribution in [2.75, 3.05) is 6.61 Å². The molecule has 3 aromatic carbocycles. The number of benzene rings is 3. The third-order valence-corrected chi connectivity index (χ3v) is 5.27. The molecule has 0 unspecified atom stereocenters. The summed E-state index contributed by atoms with van der Waals surface area (Å²) >= 11 is 0. The van der Waals surface area contributed by atoms with Gasteiger partial charge < -0.3 is 19.9 Å². The van der Waals surface area contributed by atoms with Gasteiger partial charge in [0.05, 0.1) is 0 Å².